The molecule has 0 amide bonds. The molecule has 2 heteroatoms. The molecule has 0 heterocycles. The van der Waals surface area contributed by atoms with Crippen LogP contribution in [0.3, 0.4) is 0 Å². The van der Waals surface area contributed by atoms with Crippen molar-refractivity contribution in [1.29, 1.82) is 0 Å². The van der Waals surface area contributed by atoms with Gasteiger partial charge in [0.1, 0.15) is 0 Å². The van der Waals surface area contributed by atoms with Gasteiger partial charge in [0.25, 0.3) is 0 Å². The number of nitrogens with two attached hydrogens (primary N) is 1. The molecule has 0 aliphatic rings. The first kappa shape index (κ1) is 15.9. The highest BCUT2D eigenvalue weighted by molar-refractivity contribution is 5.96. The van der Waals surface area contributed by atoms with Crippen LogP contribution in [-0.4, -0.2) is 12.3 Å². The van der Waals surface area contributed by atoms with E-state index in [4.69, 9.17) is 5.73 Å². The Hall–Kier alpha value is -1.15. The predicted molar refractivity (Wildman–Crippen MR) is 81.4 cm³/mol. The lowest BCUT2D eigenvalue weighted by Gasteiger charge is -2.16. The fraction of sp³-hybridized carbons (Fsp3) is 0.588. The van der Waals surface area contributed by atoms with Crippen molar-refractivity contribution in [2.45, 2.75) is 46.5 Å². The fourth-order valence-corrected chi connectivity index (χ4v) is 2.50. The lowest BCUT2D eigenvalue weighted by Crippen LogP contribution is -2.20. The minimum atomic E-state index is 0.231. The maximum Gasteiger partial charge on any atom is 0.163 e. The van der Waals surface area contributed by atoms with Gasteiger partial charge >= 0.3 is 0 Å². The number of rotatable bonds is 8. The molecule has 0 aromatic heterocycles. The van der Waals surface area contributed by atoms with E-state index < -0.39 is 0 Å². The Labute approximate surface area is 117 Å². The maximum absolute atomic E-state index is 12.3. The third-order valence-corrected chi connectivity index (χ3v) is 3.40. The Kier molecular flexibility index (Phi) is 6.79. The number of benzene rings is 1. The first-order valence-electron chi connectivity index (χ1n) is 7.39. The van der Waals surface area contributed by atoms with Crippen molar-refractivity contribution in [2.24, 2.45) is 17.6 Å². The average Bonchev–Trinajstić information content (AvgIpc) is 2.38. The predicted octanol–water partition coefficient (Wildman–Crippen LogP) is 3.83. The average molecular weight is 261 g/mol. The second-order valence-electron chi connectivity index (χ2n) is 5.81. The molecule has 0 fully saturated rings. The Morgan fingerprint density at radius 1 is 1.32 bits per heavy atom. The molecular weight excluding hydrogens is 234 g/mol. The van der Waals surface area contributed by atoms with E-state index in [0.29, 0.717) is 24.8 Å². The van der Waals surface area contributed by atoms with Crippen LogP contribution in [0, 0.1) is 11.8 Å². The van der Waals surface area contributed by atoms with Gasteiger partial charge in [-0.05, 0) is 42.9 Å². The number of Topliss-reactive ketones (excluding diaryl/α,β-unsaturated/α-hetero) is 1. The molecule has 0 spiro atoms. The number of ketones is 1. The van der Waals surface area contributed by atoms with E-state index in [1.165, 1.54) is 5.56 Å². The Balaban J connectivity index is 2.68. The van der Waals surface area contributed by atoms with Crippen molar-refractivity contribution in [3.05, 3.63) is 35.4 Å². The Bertz CT molecular complexity index is 398. The highest BCUT2D eigenvalue weighted by Gasteiger charge is 2.15. The molecule has 0 aliphatic heterocycles. The second-order valence-corrected chi connectivity index (χ2v) is 5.81. The summed E-state index contributed by atoms with van der Waals surface area (Å²) in [5.41, 5.74) is 7.87. The molecule has 1 aromatic rings. The highest BCUT2D eigenvalue weighted by atomic mass is 16.1. The zero-order chi connectivity index (χ0) is 14.3. The molecule has 0 bridgehead atoms. The van der Waals surface area contributed by atoms with Gasteiger partial charge in [0.15, 0.2) is 5.78 Å². The SMILES string of the molecule is CCCc1cccc(C(=O)CC(CN)CC(C)C)c1. The van der Waals surface area contributed by atoms with Gasteiger partial charge in [-0.25, -0.2) is 0 Å². The van der Waals surface area contributed by atoms with E-state index in [1.807, 2.05) is 18.2 Å². The van der Waals surface area contributed by atoms with Crippen LogP contribution in [0.2, 0.25) is 0 Å². The lowest BCUT2D eigenvalue weighted by molar-refractivity contribution is 0.0957. The highest BCUT2D eigenvalue weighted by Crippen LogP contribution is 2.18. The van der Waals surface area contributed by atoms with E-state index in [9.17, 15) is 4.79 Å². The van der Waals surface area contributed by atoms with Crippen LogP contribution in [-0.2, 0) is 6.42 Å². The summed E-state index contributed by atoms with van der Waals surface area (Å²) in [5.74, 6) is 1.13. The lowest BCUT2D eigenvalue weighted by atomic mass is 9.90. The van der Waals surface area contributed by atoms with Crippen LogP contribution >= 0.6 is 0 Å². The van der Waals surface area contributed by atoms with Crippen LogP contribution in [0.5, 0.6) is 0 Å². The standard InChI is InChI=1S/C17H27NO/c1-4-6-14-7-5-8-16(10-14)17(19)11-15(12-18)9-13(2)3/h5,7-8,10,13,15H,4,6,9,11-12,18H2,1-3H3. The van der Waals surface area contributed by atoms with Crippen LogP contribution in [0.1, 0.15) is 56.0 Å². The van der Waals surface area contributed by atoms with Gasteiger partial charge in [0.2, 0.25) is 0 Å². The van der Waals surface area contributed by atoms with E-state index in [-0.39, 0.29) is 5.78 Å². The van der Waals surface area contributed by atoms with Crippen LogP contribution in [0.15, 0.2) is 24.3 Å². The molecule has 1 rings (SSSR count). The van der Waals surface area contributed by atoms with E-state index in [0.717, 1.165) is 24.8 Å². The zero-order valence-electron chi connectivity index (χ0n) is 12.5. The molecule has 2 N–H and O–H groups in total. The normalized spacial score (nSPS) is 12.7. The van der Waals surface area contributed by atoms with E-state index >= 15 is 0 Å². The largest absolute Gasteiger partial charge is 0.330 e. The van der Waals surface area contributed by atoms with E-state index in [1.54, 1.807) is 0 Å². The third kappa shape index (κ3) is 5.56. The number of carbonyl (C=O) groups excluding carboxylic acids is 1. The number of carbonyl (C=O) groups is 1. The molecule has 2 nitrogen and oxygen atoms in total. The summed E-state index contributed by atoms with van der Waals surface area (Å²) in [4.78, 5) is 12.3. The summed E-state index contributed by atoms with van der Waals surface area (Å²) in [6.45, 7) is 7.10. The third-order valence-electron chi connectivity index (χ3n) is 3.40. The van der Waals surface area contributed by atoms with Crippen molar-refractivity contribution in [2.75, 3.05) is 6.54 Å². The van der Waals surface area contributed by atoms with Gasteiger partial charge in [-0.15, -0.1) is 0 Å². The number of hydrogen-bond acceptors (Lipinski definition) is 2. The molecular formula is C17H27NO. The van der Waals surface area contributed by atoms with Crippen molar-refractivity contribution in [3.8, 4) is 0 Å². The smallest absolute Gasteiger partial charge is 0.163 e. The molecule has 0 aliphatic carbocycles. The molecule has 106 valence electrons. The summed E-state index contributed by atoms with van der Waals surface area (Å²) >= 11 is 0. The molecule has 1 atom stereocenters. The Morgan fingerprint density at radius 2 is 2.05 bits per heavy atom. The summed E-state index contributed by atoms with van der Waals surface area (Å²) < 4.78 is 0. The topological polar surface area (TPSA) is 43.1 Å². The first-order valence-corrected chi connectivity index (χ1v) is 7.39. The maximum atomic E-state index is 12.3. The summed E-state index contributed by atoms with van der Waals surface area (Å²) in [6.07, 6.45) is 3.74. The van der Waals surface area contributed by atoms with Crippen molar-refractivity contribution in [1.82, 2.24) is 0 Å². The monoisotopic (exact) mass is 261 g/mol. The minimum absolute atomic E-state index is 0.231. The van der Waals surface area contributed by atoms with E-state index in [2.05, 4.69) is 26.8 Å². The first-order chi connectivity index (χ1) is 9.06. The van der Waals surface area contributed by atoms with Gasteiger partial charge in [-0.3, -0.25) is 4.79 Å². The fourth-order valence-electron chi connectivity index (χ4n) is 2.50. The summed E-state index contributed by atoms with van der Waals surface area (Å²) in [6, 6.07) is 8.03. The molecule has 19 heavy (non-hydrogen) atoms. The van der Waals surface area contributed by atoms with Gasteiger partial charge in [-0.2, -0.15) is 0 Å². The van der Waals surface area contributed by atoms with Crippen LogP contribution in [0.25, 0.3) is 0 Å². The quantitative estimate of drug-likeness (QED) is 0.723. The van der Waals surface area contributed by atoms with Gasteiger partial charge in [-0.1, -0.05) is 45.4 Å². The van der Waals surface area contributed by atoms with Crippen molar-refractivity contribution >= 4 is 5.78 Å². The van der Waals surface area contributed by atoms with Crippen LogP contribution in [0.4, 0.5) is 0 Å². The molecule has 1 aromatic carbocycles. The van der Waals surface area contributed by atoms with Crippen molar-refractivity contribution < 1.29 is 4.79 Å². The number of hydrogen-bond donors (Lipinski definition) is 1. The van der Waals surface area contributed by atoms with Crippen LogP contribution < -0.4 is 5.73 Å². The molecule has 0 radical (unpaired) electrons. The Morgan fingerprint density at radius 3 is 2.63 bits per heavy atom. The molecule has 1 unspecified atom stereocenters. The summed E-state index contributed by atoms with van der Waals surface area (Å²) in [5, 5.41) is 0. The minimum Gasteiger partial charge on any atom is -0.330 e. The van der Waals surface area contributed by atoms with Gasteiger partial charge in [0.05, 0.1) is 0 Å². The van der Waals surface area contributed by atoms with Crippen molar-refractivity contribution in [3.63, 3.8) is 0 Å². The number of aryl methyl sites for hydroxylation is 1. The van der Waals surface area contributed by atoms with Gasteiger partial charge < -0.3 is 5.73 Å². The second kappa shape index (κ2) is 8.11. The molecule has 0 saturated carbocycles. The molecule has 0 saturated heterocycles. The van der Waals surface area contributed by atoms with Gasteiger partial charge in [0, 0.05) is 12.0 Å². The zero-order valence-corrected chi connectivity index (χ0v) is 12.5. The summed E-state index contributed by atoms with van der Waals surface area (Å²) in [7, 11) is 0.